The molecule has 2 heterocycles. The highest BCUT2D eigenvalue weighted by Gasteiger charge is 2.06. The van der Waals surface area contributed by atoms with Crippen molar-refractivity contribution in [3.05, 3.63) is 35.4 Å². The van der Waals surface area contributed by atoms with E-state index in [1.807, 2.05) is 13.8 Å². The second-order valence-corrected chi connectivity index (χ2v) is 3.52. The van der Waals surface area contributed by atoms with Gasteiger partial charge in [0, 0.05) is 12.1 Å². The molecule has 0 unspecified atom stereocenters. The second kappa shape index (κ2) is 3.42. The molecule has 14 heavy (non-hydrogen) atoms. The maximum absolute atomic E-state index is 5.57. The summed E-state index contributed by atoms with van der Waals surface area (Å²) in [5.41, 5.74) is 9.09. The van der Waals surface area contributed by atoms with Gasteiger partial charge in [-0.15, -0.1) is 0 Å². The lowest BCUT2D eigenvalue weighted by atomic mass is 10.2. The number of rotatable bonds is 2. The van der Waals surface area contributed by atoms with Crippen LogP contribution >= 0.6 is 0 Å². The Morgan fingerprint density at radius 2 is 2.14 bits per heavy atom. The summed E-state index contributed by atoms with van der Waals surface area (Å²) in [6.45, 7) is 4.74. The first-order valence-corrected chi connectivity index (χ1v) is 4.87. The Balaban J connectivity index is 2.72. The molecule has 0 spiro atoms. The van der Waals surface area contributed by atoms with E-state index < -0.39 is 0 Å². The number of pyridine rings is 1. The van der Waals surface area contributed by atoms with Gasteiger partial charge in [-0.3, -0.25) is 0 Å². The fraction of sp³-hybridized carbons (Fsp3) is 0.364. The van der Waals surface area contributed by atoms with Crippen LogP contribution in [0.15, 0.2) is 18.2 Å². The van der Waals surface area contributed by atoms with Crippen LogP contribution in [0.5, 0.6) is 0 Å². The summed E-state index contributed by atoms with van der Waals surface area (Å²) in [5, 5.41) is 0. The first kappa shape index (κ1) is 9.21. The van der Waals surface area contributed by atoms with Gasteiger partial charge in [0.25, 0.3) is 0 Å². The largest absolute Gasteiger partial charge is 0.330 e. The van der Waals surface area contributed by atoms with Crippen molar-refractivity contribution in [3.8, 4) is 0 Å². The van der Waals surface area contributed by atoms with Gasteiger partial charge in [0.05, 0.1) is 11.2 Å². The van der Waals surface area contributed by atoms with Crippen LogP contribution < -0.4 is 5.73 Å². The summed E-state index contributed by atoms with van der Waals surface area (Å²) in [6, 6.07) is 6.26. The third-order valence-electron chi connectivity index (χ3n) is 2.50. The zero-order chi connectivity index (χ0) is 10.1. The second-order valence-electron chi connectivity index (χ2n) is 3.52. The molecular weight excluding hydrogens is 174 g/mol. The van der Waals surface area contributed by atoms with Crippen LogP contribution in [0.1, 0.15) is 17.2 Å². The third kappa shape index (κ3) is 1.30. The van der Waals surface area contributed by atoms with E-state index in [-0.39, 0.29) is 0 Å². The highest BCUT2D eigenvalue weighted by Crippen LogP contribution is 2.14. The Kier molecular flexibility index (Phi) is 2.25. The fourth-order valence-corrected chi connectivity index (χ4v) is 1.91. The zero-order valence-electron chi connectivity index (χ0n) is 8.62. The molecule has 0 amide bonds. The molecular formula is C11H15N3. The molecule has 2 rings (SSSR count). The smallest absolute Gasteiger partial charge is 0.110 e. The molecule has 2 aromatic heterocycles. The van der Waals surface area contributed by atoms with E-state index in [1.54, 1.807) is 0 Å². The fourth-order valence-electron chi connectivity index (χ4n) is 1.91. The summed E-state index contributed by atoms with van der Waals surface area (Å²) in [5.74, 6) is 1.04. The average molecular weight is 189 g/mol. The number of hydrogen-bond donors (Lipinski definition) is 1. The van der Waals surface area contributed by atoms with Gasteiger partial charge in [0.15, 0.2) is 0 Å². The number of nitrogens with zero attached hydrogens (tertiary/aromatic N) is 2. The SMILES string of the molecule is Cc1nc(C)n2c(CCN)cccc12. The Morgan fingerprint density at radius 3 is 2.86 bits per heavy atom. The van der Waals surface area contributed by atoms with E-state index in [1.165, 1.54) is 11.2 Å². The van der Waals surface area contributed by atoms with Crippen LogP contribution in [0.4, 0.5) is 0 Å². The van der Waals surface area contributed by atoms with Gasteiger partial charge in [-0.2, -0.15) is 0 Å². The van der Waals surface area contributed by atoms with Gasteiger partial charge < -0.3 is 10.1 Å². The minimum atomic E-state index is 0.676. The number of aryl methyl sites for hydroxylation is 2. The monoisotopic (exact) mass is 189 g/mol. The standard InChI is InChI=1S/C11H15N3/c1-8-11-5-3-4-10(6-7-12)14(11)9(2)13-8/h3-5H,6-7,12H2,1-2H3. The van der Waals surface area contributed by atoms with Crippen LogP contribution in [0.3, 0.4) is 0 Å². The molecule has 0 fully saturated rings. The summed E-state index contributed by atoms with van der Waals surface area (Å²) in [7, 11) is 0. The average Bonchev–Trinajstić information content (AvgIpc) is 2.44. The van der Waals surface area contributed by atoms with Crippen molar-refractivity contribution in [2.45, 2.75) is 20.3 Å². The molecule has 0 atom stereocenters. The molecule has 0 aliphatic rings. The summed E-state index contributed by atoms with van der Waals surface area (Å²) in [4.78, 5) is 4.46. The maximum atomic E-state index is 5.57. The molecule has 0 saturated carbocycles. The predicted octanol–water partition coefficient (Wildman–Crippen LogP) is 1.45. The number of imidazole rings is 1. The number of nitrogens with two attached hydrogens (primary N) is 1. The molecule has 0 bridgehead atoms. The highest BCUT2D eigenvalue weighted by atomic mass is 15.0. The highest BCUT2D eigenvalue weighted by molar-refractivity contribution is 5.53. The number of aromatic nitrogens is 2. The first-order valence-electron chi connectivity index (χ1n) is 4.87. The lowest BCUT2D eigenvalue weighted by molar-refractivity contribution is 0.873. The lowest BCUT2D eigenvalue weighted by Crippen LogP contribution is -2.07. The van der Waals surface area contributed by atoms with E-state index in [0.29, 0.717) is 6.54 Å². The topological polar surface area (TPSA) is 43.3 Å². The number of hydrogen-bond acceptors (Lipinski definition) is 2. The molecule has 0 radical (unpaired) electrons. The molecule has 0 saturated heterocycles. The normalized spacial score (nSPS) is 11.1. The van der Waals surface area contributed by atoms with Gasteiger partial charge in [-0.05, 0) is 32.5 Å². The van der Waals surface area contributed by atoms with Crippen molar-refractivity contribution < 1.29 is 0 Å². The molecule has 0 aromatic carbocycles. The van der Waals surface area contributed by atoms with Gasteiger partial charge >= 0.3 is 0 Å². The van der Waals surface area contributed by atoms with Crippen molar-refractivity contribution in [3.63, 3.8) is 0 Å². The molecule has 2 N–H and O–H groups in total. The van der Waals surface area contributed by atoms with Crippen molar-refractivity contribution >= 4 is 5.52 Å². The van der Waals surface area contributed by atoms with Gasteiger partial charge in [0.1, 0.15) is 5.82 Å². The quantitative estimate of drug-likeness (QED) is 0.777. The molecule has 2 aromatic rings. The summed E-state index contributed by atoms with van der Waals surface area (Å²) < 4.78 is 2.18. The summed E-state index contributed by atoms with van der Waals surface area (Å²) >= 11 is 0. The van der Waals surface area contributed by atoms with E-state index in [0.717, 1.165) is 17.9 Å². The van der Waals surface area contributed by atoms with Crippen LogP contribution in [0.25, 0.3) is 5.52 Å². The van der Waals surface area contributed by atoms with Crippen LogP contribution in [-0.4, -0.2) is 15.9 Å². The number of fused-ring (bicyclic) bond motifs is 1. The molecule has 3 heteroatoms. The van der Waals surface area contributed by atoms with Crippen LogP contribution in [0, 0.1) is 13.8 Å². The Hall–Kier alpha value is -1.35. The molecule has 3 nitrogen and oxygen atoms in total. The van der Waals surface area contributed by atoms with E-state index in [2.05, 4.69) is 27.6 Å². The van der Waals surface area contributed by atoms with Gasteiger partial charge in [-0.25, -0.2) is 4.98 Å². The van der Waals surface area contributed by atoms with Crippen molar-refractivity contribution in [1.82, 2.24) is 9.38 Å². The Bertz CT molecular complexity index is 457. The van der Waals surface area contributed by atoms with E-state index >= 15 is 0 Å². The Morgan fingerprint density at radius 1 is 1.36 bits per heavy atom. The Labute approximate surface area is 83.6 Å². The zero-order valence-corrected chi connectivity index (χ0v) is 8.62. The van der Waals surface area contributed by atoms with Gasteiger partial charge in [0.2, 0.25) is 0 Å². The predicted molar refractivity (Wildman–Crippen MR) is 57.4 cm³/mol. The van der Waals surface area contributed by atoms with Crippen molar-refractivity contribution in [2.24, 2.45) is 5.73 Å². The molecule has 0 aliphatic heterocycles. The van der Waals surface area contributed by atoms with Crippen LogP contribution in [0.2, 0.25) is 0 Å². The van der Waals surface area contributed by atoms with E-state index in [4.69, 9.17) is 5.73 Å². The maximum Gasteiger partial charge on any atom is 0.110 e. The van der Waals surface area contributed by atoms with Gasteiger partial charge in [-0.1, -0.05) is 6.07 Å². The first-order chi connectivity index (χ1) is 6.74. The van der Waals surface area contributed by atoms with Crippen molar-refractivity contribution in [1.29, 1.82) is 0 Å². The minimum absolute atomic E-state index is 0.676. The molecule has 0 aliphatic carbocycles. The summed E-state index contributed by atoms with van der Waals surface area (Å²) in [6.07, 6.45) is 0.897. The minimum Gasteiger partial charge on any atom is -0.330 e. The van der Waals surface area contributed by atoms with Crippen LogP contribution in [-0.2, 0) is 6.42 Å². The van der Waals surface area contributed by atoms with E-state index in [9.17, 15) is 0 Å². The molecule has 74 valence electrons. The lowest BCUT2D eigenvalue weighted by Gasteiger charge is -2.05. The van der Waals surface area contributed by atoms with Crippen molar-refractivity contribution in [2.75, 3.05) is 6.54 Å². The third-order valence-corrected chi connectivity index (χ3v) is 2.50.